The molecule has 1 fully saturated rings. The van der Waals surface area contributed by atoms with Gasteiger partial charge in [-0.3, -0.25) is 9.69 Å². The van der Waals surface area contributed by atoms with E-state index in [1.165, 1.54) is 11.1 Å². The Labute approximate surface area is 168 Å². The summed E-state index contributed by atoms with van der Waals surface area (Å²) in [6.45, 7) is 10.1. The first-order chi connectivity index (χ1) is 13.6. The van der Waals surface area contributed by atoms with Crippen molar-refractivity contribution < 1.29 is 4.79 Å². The first kappa shape index (κ1) is 20.3. The predicted molar refractivity (Wildman–Crippen MR) is 118 cm³/mol. The number of rotatable bonds is 7. The molecule has 0 saturated carbocycles. The second-order valence-electron chi connectivity index (χ2n) is 7.50. The van der Waals surface area contributed by atoms with Gasteiger partial charge < -0.3 is 10.2 Å². The lowest BCUT2D eigenvalue weighted by atomic mass is 10.1. The highest BCUT2D eigenvalue weighted by molar-refractivity contribution is 5.91. The van der Waals surface area contributed by atoms with Crippen LogP contribution in [0.4, 0.5) is 5.69 Å². The van der Waals surface area contributed by atoms with E-state index in [1.807, 2.05) is 18.2 Å². The molecule has 0 bridgehead atoms. The van der Waals surface area contributed by atoms with Crippen molar-refractivity contribution >= 4 is 17.7 Å². The molecule has 28 heavy (non-hydrogen) atoms. The Bertz CT molecular complexity index is 793. The van der Waals surface area contributed by atoms with Gasteiger partial charge in [0.05, 0.1) is 0 Å². The molecule has 0 atom stereocenters. The van der Waals surface area contributed by atoms with Crippen molar-refractivity contribution in [1.29, 1.82) is 0 Å². The van der Waals surface area contributed by atoms with E-state index in [-0.39, 0.29) is 5.91 Å². The van der Waals surface area contributed by atoms with Crippen LogP contribution in [0.3, 0.4) is 0 Å². The summed E-state index contributed by atoms with van der Waals surface area (Å²) in [6.07, 6.45) is 4.97. The summed E-state index contributed by atoms with van der Waals surface area (Å²) in [6, 6.07) is 16.4. The Kier molecular flexibility index (Phi) is 7.40. The van der Waals surface area contributed by atoms with Crippen LogP contribution in [0.15, 0.2) is 54.6 Å². The van der Waals surface area contributed by atoms with Crippen molar-refractivity contribution in [2.45, 2.75) is 20.3 Å². The normalized spacial score (nSPS) is 15.8. The summed E-state index contributed by atoms with van der Waals surface area (Å²) in [5.74, 6) is 0.0990. The number of hydrogen-bond acceptors (Lipinski definition) is 3. The molecule has 0 unspecified atom stereocenters. The molecule has 3 rings (SSSR count). The van der Waals surface area contributed by atoms with Crippen LogP contribution >= 0.6 is 0 Å². The molecule has 1 aliphatic heterocycles. The summed E-state index contributed by atoms with van der Waals surface area (Å²) in [5.41, 5.74) is 4.53. The van der Waals surface area contributed by atoms with E-state index >= 15 is 0 Å². The Morgan fingerprint density at radius 2 is 1.68 bits per heavy atom. The molecule has 0 aliphatic carbocycles. The van der Waals surface area contributed by atoms with Gasteiger partial charge in [-0.15, -0.1) is 0 Å². The second kappa shape index (κ2) is 10.2. The van der Waals surface area contributed by atoms with Crippen LogP contribution < -0.4 is 5.32 Å². The lowest BCUT2D eigenvalue weighted by Gasteiger charge is -2.34. The highest BCUT2D eigenvalue weighted by Gasteiger charge is 2.16. The van der Waals surface area contributed by atoms with Gasteiger partial charge in [0.25, 0.3) is 0 Å². The minimum Gasteiger partial charge on any atom is -0.326 e. The number of piperazine rings is 1. The van der Waals surface area contributed by atoms with Gasteiger partial charge in [-0.25, -0.2) is 0 Å². The Hall–Kier alpha value is -2.43. The fourth-order valence-electron chi connectivity index (χ4n) is 3.46. The molecule has 0 aromatic heterocycles. The molecular weight excluding hydrogens is 346 g/mol. The average molecular weight is 378 g/mol. The molecule has 1 heterocycles. The Morgan fingerprint density at radius 1 is 0.964 bits per heavy atom. The van der Waals surface area contributed by atoms with Gasteiger partial charge in [0.2, 0.25) is 5.91 Å². The molecule has 148 valence electrons. The van der Waals surface area contributed by atoms with Gasteiger partial charge >= 0.3 is 0 Å². The highest BCUT2D eigenvalue weighted by atomic mass is 16.1. The van der Waals surface area contributed by atoms with Crippen molar-refractivity contribution in [3.05, 3.63) is 71.3 Å². The van der Waals surface area contributed by atoms with E-state index in [0.717, 1.165) is 50.5 Å². The summed E-state index contributed by atoms with van der Waals surface area (Å²) in [7, 11) is 0. The third kappa shape index (κ3) is 6.04. The van der Waals surface area contributed by atoms with Crippen LogP contribution in [-0.2, 0) is 4.79 Å². The largest absolute Gasteiger partial charge is 0.326 e. The lowest BCUT2D eigenvalue weighted by molar-refractivity contribution is -0.116. The van der Waals surface area contributed by atoms with Gasteiger partial charge in [-0.2, -0.15) is 0 Å². The van der Waals surface area contributed by atoms with Crippen molar-refractivity contribution in [2.75, 3.05) is 44.6 Å². The van der Waals surface area contributed by atoms with Crippen LogP contribution in [0.2, 0.25) is 0 Å². The summed E-state index contributed by atoms with van der Waals surface area (Å²) in [5, 5.41) is 3.06. The average Bonchev–Trinajstić information content (AvgIpc) is 2.72. The van der Waals surface area contributed by atoms with Crippen molar-refractivity contribution in [3.63, 3.8) is 0 Å². The van der Waals surface area contributed by atoms with Gasteiger partial charge in [0.1, 0.15) is 0 Å². The lowest BCUT2D eigenvalue weighted by Crippen LogP contribution is -2.46. The third-order valence-corrected chi connectivity index (χ3v) is 5.47. The number of aryl methyl sites for hydroxylation is 1. The van der Waals surface area contributed by atoms with Gasteiger partial charge in [0, 0.05) is 51.4 Å². The molecule has 2 aromatic rings. The fraction of sp³-hybridized carbons (Fsp3) is 0.375. The van der Waals surface area contributed by atoms with E-state index in [4.69, 9.17) is 0 Å². The first-order valence-electron chi connectivity index (χ1n) is 10.1. The zero-order valence-corrected chi connectivity index (χ0v) is 17.0. The van der Waals surface area contributed by atoms with E-state index < -0.39 is 0 Å². The molecule has 2 aromatic carbocycles. The number of nitrogens with one attached hydrogen (secondary N) is 1. The quantitative estimate of drug-likeness (QED) is 0.793. The smallest absolute Gasteiger partial charge is 0.225 e. The number of hydrogen-bond donors (Lipinski definition) is 1. The van der Waals surface area contributed by atoms with Crippen LogP contribution in [0, 0.1) is 13.8 Å². The van der Waals surface area contributed by atoms with Crippen molar-refractivity contribution in [1.82, 2.24) is 9.80 Å². The molecule has 1 N–H and O–H groups in total. The van der Waals surface area contributed by atoms with Crippen LogP contribution in [0.1, 0.15) is 23.1 Å². The number of anilines is 1. The molecule has 0 radical (unpaired) electrons. The molecule has 1 aliphatic rings. The first-order valence-corrected chi connectivity index (χ1v) is 10.1. The van der Waals surface area contributed by atoms with E-state index in [1.54, 1.807) is 0 Å². The molecule has 1 saturated heterocycles. The predicted octanol–water partition coefficient (Wildman–Crippen LogP) is 3.96. The topological polar surface area (TPSA) is 35.6 Å². The molecule has 4 nitrogen and oxygen atoms in total. The van der Waals surface area contributed by atoms with Gasteiger partial charge in [-0.05, 0) is 36.6 Å². The van der Waals surface area contributed by atoms with Crippen LogP contribution in [-0.4, -0.2) is 55.0 Å². The second-order valence-corrected chi connectivity index (χ2v) is 7.50. The Morgan fingerprint density at radius 3 is 2.43 bits per heavy atom. The minimum atomic E-state index is 0.0990. The van der Waals surface area contributed by atoms with E-state index in [0.29, 0.717) is 6.42 Å². The molecule has 0 spiro atoms. The number of carbonyl (C=O) groups excluding carboxylic acids is 1. The van der Waals surface area contributed by atoms with E-state index in [9.17, 15) is 4.79 Å². The summed E-state index contributed by atoms with van der Waals surface area (Å²) >= 11 is 0. The number of nitrogens with zero attached hydrogens (tertiary/aromatic N) is 2. The third-order valence-electron chi connectivity index (χ3n) is 5.47. The number of amides is 1. The SMILES string of the molecule is Cc1cccc(NC(=O)CCN2CCN(C/C=C/c3ccccc3)CC2)c1C. The summed E-state index contributed by atoms with van der Waals surface area (Å²) < 4.78 is 0. The zero-order chi connectivity index (χ0) is 19.8. The zero-order valence-electron chi connectivity index (χ0n) is 17.0. The molecule has 4 heteroatoms. The fourth-order valence-corrected chi connectivity index (χ4v) is 3.46. The number of carbonyl (C=O) groups is 1. The van der Waals surface area contributed by atoms with Gasteiger partial charge in [0.15, 0.2) is 0 Å². The van der Waals surface area contributed by atoms with Crippen LogP contribution in [0.5, 0.6) is 0 Å². The monoisotopic (exact) mass is 377 g/mol. The Balaban J connectivity index is 1.35. The number of benzene rings is 2. The maximum atomic E-state index is 12.3. The van der Waals surface area contributed by atoms with Gasteiger partial charge in [-0.1, -0.05) is 54.6 Å². The van der Waals surface area contributed by atoms with Crippen molar-refractivity contribution in [3.8, 4) is 0 Å². The van der Waals surface area contributed by atoms with Crippen molar-refractivity contribution in [2.24, 2.45) is 0 Å². The van der Waals surface area contributed by atoms with Crippen LogP contribution in [0.25, 0.3) is 6.08 Å². The maximum absolute atomic E-state index is 12.3. The maximum Gasteiger partial charge on any atom is 0.225 e. The standard InChI is InChI=1S/C24H31N3O/c1-20-8-6-12-23(21(20)2)25-24(28)13-15-27-18-16-26(17-19-27)14-7-11-22-9-4-3-5-10-22/h3-12H,13-19H2,1-2H3,(H,25,28)/b11-7+. The minimum absolute atomic E-state index is 0.0990. The molecule has 1 amide bonds. The highest BCUT2D eigenvalue weighted by Crippen LogP contribution is 2.18. The summed E-state index contributed by atoms with van der Waals surface area (Å²) in [4.78, 5) is 17.2. The van der Waals surface area contributed by atoms with E-state index in [2.05, 4.69) is 71.4 Å². The molecular formula is C24H31N3O.